The van der Waals surface area contributed by atoms with Crippen molar-refractivity contribution in [1.82, 2.24) is 0 Å². The van der Waals surface area contributed by atoms with E-state index in [0.29, 0.717) is 19.6 Å². The summed E-state index contributed by atoms with van der Waals surface area (Å²) in [6.45, 7) is 12.8. The van der Waals surface area contributed by atoms with Gasteiger partial charge in [-0.05, 0) is 46.6 Å². The van der Waals surface area contributed by atoms with E-state index in [0.717, 1.165) is 13.0 Å². The molecule has 0 saturated carbocycles. The highest BCUT2D eigenvalue weighted by Crippen LogP contribution is 2.31. The van der Waals surface area contributed by atoms with Crippen LogP contribution in [0.15, 0.2) is 12.7 Å². The first-order valence-electron chi connectivity index (χ1n) is 7.97. The number of hydrogen-bond acceptors (Lipinski definition) is 5. The van der Waals surface area contributed by atoms with E-state index in [1.54, 1.807) is 13.8 Å². The number of ketones is 1. The van der Waals surface area contributed by atoms with Crippen LogP contribution < -0.4 is 0 Å². The third-order valence-corrected chi connectivity index (χ3v) is 4.34. The van der Waals surface area contributed by atoms with Crippen LogP contribution in [0.2, 0.25) is 0 Å². The molecule has 2 fully saturated rings. The van der Waals surface area contributed by atoms with Gasteiger partial charge in [-0.25, -0.2) is 0 Å². The first-order chi connectivity index (χ1) is 10.2. The van der Waals surface area contributed by atoms with Crippen LogP contribution >= 0.6 is 0 Å². The van der Waals surface area contributed by atoms with Crippen molar-refractivity contribution in [3.05, 3.63) is 12.7 Å². The number of carbonyl (C=O) groups excluding carboxylic acids is 1. The van der Waals surface area contributed by atoms with Crippen LogP contribution in [0, 0.1) is 0 Å². The minimum atomic E-state index is -0.839. The van der Waals surface area contributed by atoms with Crippen LogP contribution in [0.1, 0.15) is 40.5 Å². The maximum Gasteiger partial charge on any atom is 0.186 e. The first kappa shape index (κ1) is 17.6. The number of carbonyl (C=O) groups is 1. The maximum atomic E-state index is 11.7. The second-order valence-electron chi connectivity index (χ2n) is 7.09. The molecule has 0 spiro atoms. The Bertz CT molecular complexity index is 415. The van der Waals surface area contributed by atoms with Crippen molar-refractivity contribution in [1.29, 1.82) is 0 Å². The van der Waals surface area contributed by atoms with Crippen molar-refractivity contribution in [3.63, 3.8) is 0 Å². The van der Waals surface area contributed by atoms with Gasteiger partial charge in [0.15, 0.2) is 5.78 Å². The summed E-state index contributed by atoms with van der Waals surface area (Å²) in [6.07, 6.45) is 3.15. The quantitative estimate of drug-likeness (QED) is 0.644. The van der Waals surface area contributed by atoms with Crippen molar-refractivity contribution in [2.45, 2.75) is 70.1 Å². The fourth-order valence-corrected chi connectivity index (χ4v) is 2.87. The molecule has 126 valence electrons. The molecule has 0 bridgehead atoms. The van der Waals surface area contributed by atoms with E-state index in [4.69, 9.17) is 18.9 Å². The fraction of sp³-hybridized carbons (Fsp3) is 0.824. The Kier molecular flexibility index (Phi) is 5.43. The lowest BCUT2D eigenvalue weighted by Crippen LogP contribution is -2.40. The van der Waals surface area contributed by atoms with E-state index in [-0.39, 0.29) is 29.7 Å². The lowest BCUT2D eigenvalue weighted by molar-refractivity contribution is -0.144. The highest BCUT2D eigenvalue weighted by molar-refractivity contribution is 5.95. The highest BCUT2D eigenvalue weighted by atomic mass is 16.6. The van der Waals surface area contributed by atoms with Gasteiger partial charge in [0.2, 0.25) is 0 Å². The van der Waals surface area contributed by atoms with E-state index < -0.39 is 5.60 Å². The Hall–Kier alpha value is -0.750. The summed E-state index contributed by atoms with van der Waals surface area (Å²) in [7, 11) is 0. The second kappa shape index (κ2) is 6.79. The number of ether oxygens (including phenoxy) is 4. The molecule has 2 aliphatic rings. The minimum absolute atomic E-state index is 0.0229. The highest BCUT2D eigenvalue weighted by Gasteiger charge is 2.44. The molecule has 0 aromatic rings. The summed E-state index contributed by atoms with van der Waals surface area (Å²) >= 11 is 0. The predicted molar refractivity (Wildman–Crippen MR) is 82.9 cm³/mol. The molecule has 0 N–H and O–H groups in total. The van der Waals surface area contributed by atoms with Crippen molar-refractivity contribution in [2.24, 2.45) is 0 Å². The summed E-state index contributed by atoms with van der Waals surface area (Å²) in [5.74, 6) is -0.113. The molecule has 0 radical (unpaired) electrons. The van der Waals surface area contributed by atoms with Gasteiger partial charge in [0, 0.05) is 6.61 Å². The average molecular weight is 312 g/mol. The van der Waals surface area contributed by atoms with Gasteiger partial charge < -0.3 is 18.9 Å². The van der Waals surface area contributed by atoms with E-state index in [9.17, 15) is 4.79 Å². The Morgan fingerprint density at radius 2 is 2.05 bits per heavy atom. The summed E-state index contributed by atoms with van der Waals surface area (Å²) in [5.41, 5.74) is -1.20. The third-order valence-electron chi connectivity index (χ3n) is 4.34. The summed E-state index contributed by atoms with van der Waals surface area (Å²) in [4.78, 5) is 11.7. The van der Waals surface area contributed by atoms with Crippen LogP contribution in [-0.4, -0.2) is 55.1 Å². The second-order valence-corrected chi connectivity index (χ2v) is 7.09. The molecule has 2 heterocycles. The molecule has 0 amide bonds. The zero-order valence-corrected chi connectivity index (χ0v) is 14.1. The van der Waals surface area contributed by atoms with Gasteiger partial charge in [-0.1, -0.05) is 6.58 Å². The topological polar surface area (TPSA) is 54.0 Å². The standard InChI is InChI=1S/C17H28O5/c1-6-14(18)17(4,5)21-10-8-16(2,3)22-13-11-20-12-7-9-19-15(12)13/h6,12-13,15H,1,7-11H2,2-5H3. The third kappa shape index (κ3) is 4.16. The molecule has 2 rings (SSSR count). The van der Waals surface area contributed by atoms with Gasteiger partial charge in [-0.3, -0.25) is 4.79 Å². The van der Waals surface area contributed by atoms with Crippen LogP contribution in [0.5, 0.6) is 0 Å². The largest absolute Gasteiger partial charge is 0.373 e. The molecule has 0 aromatic carbocycles. The minimum Gasteiger partial charge on any atom is -0.373 e. The summed E-state index contributed by atoms with van der Waals surface area (Å²) in [6, 6.07) is 0. The average Bonchev–Trinajstić information content (AvgIpc) is 3.02. The number of rotatable bonds is 8. The predicted octanol–water partition coefficient (Wildman–Crippen LogP) is 2.28. The molecule has 0 aliphatic carbocycles. The van der Waals surface area contributed by atoms with Gasteiger partial charge in [0.1, 0.15) is 17.8 Å². The molecule has 2 saturated heterocycles. The van der Waals surface area contributed by atoms with Crippen LogP contribution in [-0.2, 0) is 23.7 Å². The monoisotopic (exact) mass is 312 g/mol. The Balaban J connectivity index is 1.79. The van der Waals surface area contributed by atoms with Crippen LogP contribution in [0.4, 0.5) is 0 Å². The summed E-state index contributed by atoms with van der Waals surface area (Å²) in [5, 5.41) is 0. The molecule has 3 atom stereocenters. The number of hydrogen-bond donors (Lipinski definition) is 0. The molecular formula is C17H28O5. The van der Waals surface area contributed by atoms with Gasteiger partial charge in [-0.2, -0.15) is 0 Å². The van der Waals surface area contributed by atoms with E-state index in [2.05, 4.69) is 6.58 Å². The molecule has 5 heteroatoms. The smallest absolute Gasteiger partial charge is 0.186 e. The normalized spacial score (nSPS) is 28.6. The summed E-state index contributed by atoms with van der Waals surface area (Å²) < 4.78 is 23.3. The van der Waals surface area contributed by atoms with Crippen LogP contribution in [0.25, 0.3) is 0 Å². The van der Waals surface area contributed by atoms with Crippen molar-refractivity contribution < 1.29 is 23.7 Å². The molecule has 2 aliphatic heterocycles. The molecule has 22 heavy (non-hydrogen) atoms. The maximum absolute atomic E-state index is 11.7. The van der Waals surface area contributed by atoms with E-state index in [1.807, 2.05) is 13.8 Å². The van der Waals surface area contributed by atoms with Crippen LogP contribution in [0.3, 0.4) is 0 Å². The SMILES string of the molecule is C=CC(=O)C(C)(C)OCCC(C)(C)OC1COC2CCOC21. The van der Waals surface area contributed by atoms with E-state index >= 15 is 0 Å². The van der Waals surface area contributed by atoms with Crippen molar-refractivity contribution in [2.75, 3.05) is 19.8 Å². The first-order valence-corrected chi connectivity index (χ1v) is 7.97. The molecule has 0 aromatic heterocycles. The van der Waals surface area contributed by atoms with Crippen molar-refractivity contribution in [3.8, 4) is 0 Å². The van der Waals surface area contributed by atoms with Gasteiger partial charge in [0.05, 0.1) is 24.9 Å². The fourth-order valence-electron chi connectivity index (χ4n) is 2.87. The molecular weight excluding hydrogens is 284 g/mol. The zero-order valence-electron chi connectivity index (χ0n) is 14.1. The Morgan fingerprint density at radius 3 is 2.73 bits per heavy atom. The lowest BCUT2D eigenvalue weighted by atomic mass is 10.0. The zero-order chi connectivity index (χ0) is 16.4. The van der Waals surface area contributed by atoms with Gasteiger partial charge in [-0.15, -0.1) is 0 Å². The molecule has 5 nitrogen and oxygen atoms in total. The number of fused-ring (bicyclic) bond motifs is 1. The van der Waals surface area contributed by atoms with Gasteiger partial charge in [0.25, 0.3) is 0 Å². The Morgan fingerprint density at radius 1 is 1.32 bits per heavy atom. The Labute approximate surface area is 132 Å². The van der Waals surface area contributed by atoms with E-state index in [1.165, 1.54) is 6.08 Å². The van der Waals surface area contributed by atoms with Gasteiger partial charge >= 0.3 is 0 Å². The van der Waals surface area contributed by atoms with Crippen molar-refractivity contribution >= 4 is 5.78 Å². The lowest BCUT2D eigenvalue weighted by Gasteiger charge is -2.32. The molecule has 3 unspecified atom stereocenters.